The van der Waals surface area contributed by atoms with E-state index in [1.54, 1.807) is 6.07 Å². The molecule has 4 nitrogen and oxygen atoms in total. The number of hydrogen-bond acceptors (Lipinski definition) is 2. The average molecular weight is 439 g/mol. The van der Waals surface area contributed by atoms with E-state index in [1.807, 2.05) is 48.5 Å². The van der Waals surface area contributed by atoms with E-state index in [9.17, 15) is 14.0 Å². The summed E-state index contributed by atoms with van der Waals surface area (Å²) in [5.41, 5.74) is 2.50. The summed E-state index contributed by atoms with van der Waals surface area (Å²) >= 11 is 3.48. The molecule has 1 aliphatic rings. The van der Waals surface area contributed by atoms with Crippen molar-refractivity contribution in [1.29, 1.82) is 0 Å². The van der Waals surface area contributed by atoms with Gasteiger partial charge in [0, 0.05) is 21.3 Å². The smallest absolute Gasteiger partial charge is 0.255 e. The number of rotatable bonds is 2. The van der Waals surface area contributed by atoms with Gasteiger partial charge in [-0.25, -0.2) is 4.39 Å². The molecule has 3 aromatic carbocycles. The van der Waals surface area contributed by atoms with Gasteiger partial charge in [0.2, 0.25) is 5.91 Å². The molecule has 0 aliphatic carbocycles. The van der Waals surface area contributed by atoms with Crippen molar-refractivity contribution in [3.63, 3.8) is 0 Å². The van der Waals surface area contributed by atoms with E-state index in [0.717, 1.165) is 15.6 Å². The third kappa shape index (κ3) is 3.55. The van der Waals surface area contributed by atoms with Crippen LogP contribution >= 0.6 is 15.9 Å². The fourth-order valence-corrected chi connectivity index (χ4v) is 3.83. The maximum atomic E-state index is 13.7. The van der Waals surface area contributed by atoms with Gasteiger partial charge < -0.3 is 10.2 Å². The molecule has 1 aliphatic heterocycles. The van der Waals surface area contributed by atoms with Crippen LogP contribution in [0.2, 0.25) is 0 Å². The SMILES string of the molecule is O=C1CN(C(=O)c2cccc(F)c2)[C@H](c2ccccc2)c2cc(Br)ccc2N1. The standard InChI is InChI=1S/C22H16BrFN2O2/c23-16-9-10-19-18(12-16)21(14-5-2-1-3-6-14)26(13-20(27)25-19)22(28)15-7-4-8-17(24)11-15/h1-12,21H,13H2,(H,25,27)/t21-/m1/s1. The first-order chi connectivity index (χ1) is 13.5. The van der Waals surface area contributed by atoms with Gasteiger partial charge in [-0.1, -0.05) is 52.3 Å². The quantitative estimate of drug-likeness (QED) is 0.626. The van der Waals surface area contributed by atoms with Gasteiger partial charge in [0.15, 0.2) is 0 Å². The molecule has 1 atom stereocenters. The number of halogens is 2. The molecular formula is C22H16BrFN2O2. The number of carbonyl (C=O) groups is 2. The number of benzene rings is 3. The van der Waals surface area contributed by atoms with Gasteiger partial charge in [-0.05, 0) is 42.0 Å². The van der Waals surface area contributed by atoms with Crippen LogP contribution in [0.25, 0.3) is 0 Å². The number of amides is 2. The van der Waals surface area contributed by atoms with E-state index in [-0.39, 0.29) is 18.0 Å². The van der Waals surface area contributed by atoms with E-state index in [2.05, 4.69) is 21.2 Å². The molecule has 1 heterocycles. The van der Waals surface area contributed by atoms with Crippen molar-refractivity contribution in [2.45, 2.75) is 6.04 Å². The summed E-state index contributed by atoms with van der Waals surface area (Å²) in [6.07, 6.45) is 0. The van der Waals surface area contributed by atoms with Crippen LogP contribution in [0.3, 0.4) is 0 Å². The maximum Gasteiger partial charge on any atom is 0.255 e. The lowest BCUT2D eigenvalue weighted by Gasteiger charge is -2.30. The summed E-state index contributed by atoms with van der Waals surface area (Å²) in [4.78, 5) is 27.3. The fourth-order valence-electron chi connectivity index (χ4n) is 3.45. The fraction of sp³-hybridized carbons (Fsp3) is 0.0909. The zero-order chi connectivity index (χ0) is 19.7. The predicted octanol–water partition coefficient (Wildman–Crippen LogP) is 4.77. The molecule has 0 radical (unpaired) electrons. The summed E-state index contributed by atoms with van der Waals surface area (Å²) in [6.45, 7) is -0.138. The van der Waals surface area contributed by atoms with Crippen LogP contribution in [0.5, 0.6) is 0 Å². The monoisotopic (exact) mass is 438 g/mol. The van der Waals surface area contributed by atoms with Crippen molar-refractivity contribution < 1.29 is 14.0 Å². The molecule has 0 saturated carbocycles. The van der Waals surface area contributed by atoms with E-state index < -0.39 is 17.8 Å². The Labute approximate surface area is 170 Å². The minimum absolute atomic E-state index is 0.138. The summed E-state index contributed by atoms with van der Waals surface area (Å²) in [5.74, 6) is -1.20. The Morgan fingerprint density at radius 2 is 1.82 bits per heavy atom. The molecule has 0 spiro atoms. The molecule has 1 N–H and O–H groups in total. The lowest BCUT2D eigenvalue weighted by atomic mass is 9.95. The molecule has 2 amide bonds. The predicted molar refractivity (Wildman–Crippen MR) is 108 cm³/mol. The van der Waals surface area contributed by atoms with Crippen LogP contribution in [0, 0.1) is 5.82 Å². The van der Waals surface area contributed by atoms with Crippen LogP contribution in [-0.4, -0.2) is 23.3 Å². The molecule has 6 heteroatoms. The van der Waals surface area contributed by atoms with E-state index in [0.29, 0.717) is 5.69 Å². The first-order valence-corrected chi connectivity index (χ1v) is 9.53. The lowest BCUT2D eigenvalue weighted by molar-refractivity contribution is -0.117. The zero-order valence-electron chi connectivity index (χ0n) is 14.7. The molecule has 0 saturated heterocycles. The van der Waals surface area contributed by atoms with Crippen LogP contribution in [0.4, 0.5) is 10.1 Å². The lowest BCUT2D eigenvalue weighted by Crippen LogP contribution is -2.39. The highest BCUT2D eigenvalue weighted by molar-refractivity contribution is 9.10. The maximum absolute atomic E-state index is 13.7. The second-order valence-corrected chi connectivity index (χ2v) is 7.45. The van der Waals surface area contributed by atoms with Crippen molar-refractivity contribution in [2.24, 2.45) is 0 Å². The van der Waals surface area contributed by atoms with Crippen LogP contribution in [0.1, 0.15) is 27.5 Å². The Morgan fingerprint density at radius 1 is 1.04 bits per heavy atom. The van der Waals surface area contributed by atoms with Crippen LogP contribution in [-0.2, 0) is 4.79 Å². The Kier molecular flexibility index (Phi) is 4.96. The van der Waals surface area contributed by atoms with E-state index >= 15 is 0 Å². The molecular weight excluding hydrogens is 423 g/mol. The van der Waals surface area contributed by atoms with Crippen molar-refractivity contribution in [2.75, 3.05) is 11.9 Å². The number of fused-ring (bicyclic) bond motifs is 1. The molecule has 4 rings (SSSR count). The molecule has 0 bridgehead atoms. The average Bonchev–Trinajstić information content (AvgIpc) is 2.83. The second kappa shape index (κ2) is 7.56. The van der Waals surface area contributed by atoms with Crippen LogP contribution < -0.4 is 5.32 Å². The minimum atomic E-state index is -0.497. The summed E-state index contributed by atoms with van der Waals surface area (Å²) < 4.78 is 14.5. The highest BCUT2D eigenvalue weighted by atomic mass is 79.9. The summed E-state index contributed by atoms with van der Waals surface area (Å²) in [7, 11) is 0. The Hall–Kier alpha value is -2.99. The van der Waals surface area contributed by atoms with Crippen molar-refractivity contribution in [3.8, 4) is 0 Å². The van der Waals surface area contributed by atoms with Gasteiger partial charge in [0.05, 0.1) is 6.04 Å². The van der Waals surface area contributed by atoms with Gasteiger partial charge in [0.1, 0.15) is 12.4 Å². The van der Waals surface area contributed by atoms with Gasteiger partial charge in [-0.2, -0.15) is 0 Å². The highest BCUT2D eigenvalue weighted by Crippen LogP contribution is 2.37. The minimum Gasteiger partial charge on any atom is -0.324 e. The first kappa shape index (κ1) is 18.4. The number of anilines is 1. The number of nitrogens with zero attached hydrogens (tertiary/aromatic N) is 1. The van der Waals surface area contributed by atoms with Gasteiger partial charge >= 0.3 is 0 Å². The van der Waals surface area contributed by atoms with Gasteiger partial charge in [-0.3, -0.25) is 9.59 Å². The molecule has 0 unspecified atom stereocenters. The highest BCUT2D eigenvalue weighted by Gasteiger charge is 2.34. The topological polar surface area (TPSA) is 49.4 Å². The summed E-state index contributed by atoms with van der Waals surface area (Å²) in [6, 6.07) is 20.1. The third-order valence-electron chi connectivity index (χ3n) is 4.66. The van der Waals surface area contributed by atoms with E-state index in [4.69, 9.17) is 0 Å². The normalized spacial score (nSPS) is 16.1. The number of carbonyl (C=O) groups excluding carboxylic acids is 2. The zero-order valence-corrected chi connectivity index (χ0v) is 16.3. The molecule has 0 aromatic heterocycles. The van der Waals surface area contributed by atoms with Crippen molar-refractivity contribution in [1.82, 2.24) is 4.90 Å². The number of nitrogens with one attached hydrogen (secondary N) is 1. The summed E-state index contributed by atoms with van der Waals surface area (Å²) in [5, 5.41) is 2.87. The van der Waals surface area contributed by atoms with E-state index in [1.165, 1.54) is 23.1 Å². The Morgan fingerprint density at radius 3 is 2.57 bits per heavy atom. The second-order valence-electron chi connectivity index (χ2n) is 6.54. The van der Waals surface area contributed by atoms with Gasteiger partial charge in [-0.15, -0.1) is 0 Å². The third-order valence-corrected chi connectivity index (χ3v) is 5.15. The first-order valence-electron chi connectivity index (χ1n) is 8.74. The molecule has 140 valence electrons. The van der Waals surface area contributed by atoms with Gasteiger partial charge in [0.25, 0.3) is 5.91 Å². The largest absolute Gasteiger partial charge is 0.324 e. The number of hydrogen-bond donors (Lipinski definition) is 1. The molecule has 0 fully saturated rings. The Balaban J connectivity index is 1.89. The molecule has 28 heavy (non-hydrogen) atoms. The molecule has 3 aromatic rings. The van der Waals surface area contributed by atoms with Crippen molar-refractivity contribution in [3.05, 3.63) is 99.8 Å². The Bertz CT molecular complexity index is 1060. The van der Waals surface area contributed by atoms with Crippen LogP contribution in [0.15, 0.2) is 77.3 Å². The van der Waals surface area contributed by atoms with Crippen molar-refractivity contribution >= 4 is 33.4 Å².